The molecule has 0 aliphatic heterocycles. The zero-order valence-corrected chi connectivity index (χ0v) is 12.8. The van der Waals surface area contributed by atoms with Gasteiger partial charge in [0.15, 0.2) is 5.78 Å². The molecule has 0 atom stereocenters. The first-order valence-electron chi connectivity index (χ1n) is 7.01. The highest BCUT2D eigenvalue weighted by Crippen LogP contribution is 2.15. The highest BCUT2D eigenvalue weighted by molar-refractivity contribution is 6.00. The lowest BCUT2D eigenvalue weighted by atomic mass is 10.1. The van der Waals surface area contributed by atoms with Gasteiger partial charge < -0.3 is 16.0 Å². The minimum Gasteiger partial charge on any atom is -0.326 e. The number of hydrogen-bond acceptors (Lipinski definition) is 3. The van der Waals surface area contributed by atoms with Crippen molar-refractivity contribution in [1.82, 2.24) is 0 Å². The summed E-state index contributed by atoms with van der Waals surface area (Å²) in [5, 5.41) is 8.00. The zero-order chi connectivity index (χ0) is 16.8. The van der Waals surface area contributed by atoms with Crippen LogP contribution >= 0.6 is 0 Å². The zero-order valence-electron chi connectivity index (χ0n) is 12.8. The van der Waals surface area contributed by atoms with E-state index in [1.54, 1.807) is 48.5 Å². The molecule has 0 unspecified atom stereocenters. The summed E-state index contributed by atoms with van der Waals surface area (Å²) in [7, 11) is 0. The van der Waals surface area contributed by atoms with Crippen molar-refractivity contribution < 1.29 is 14.4 Å². The monoisotopic (exact) mass is 311 g/mol. The van der Waals surface area contributed by atoms with Gasteiger partial charge in [-0.25, -0.2) is 4.79 Å². The molecule has 0 spiro atoms. The lowest BCUT2D eigenvalue weighted by Crippen LogP contribution is -2.19. The van der Waals surface area contributed by atoms with Gasteiger partial charge in [-0.3, -0.25) is 9.59 Å². The second-order valence-corrected chi connectivity index (χ2v) is 4.97. The van der Waals surface area contributed by atoms with Crippen LogP contribution in [0.3, 0.4) is 0 Å². The normalized spacial score (nSPS) is 9.83. The third-order valence-corrected chi connectivity index (χ3v) is 3.01. The second-order valence-electron chi connectivity index (χ2n) is 4.97. The molecule has 0 fully saturated rings. The van der Waals surface area contributed by atoms with Gasteiger partial charge in [-0.15, -0.1) is 0 Å². The third-order valence-electron chi connectivity index (χ3n) is 3.01. The minimum atomic E-state index is -0.396. The first-order valence-corrected chi connectivity index (χ1v) is 7.01. The molecule has 6 nitrogen and oxygen atoms in total. The Bertz CT molecular complexity index is 722. The molecule has 6 heteroatoms. The maximum Gasteiger partial charge on any atom is 0.323 e. The molecule has 3 N–H and O–H groups in total. The molecule has 23 heavy (non-hydrogen) atoms. The number of amides is 3. The lowest BCUT2D eigenvalue weighted by Gasteiger charge is -2.09. The average Bonchev–Trinajstić information content (AvgIpc) is 2.49. The number of nitrogens with one attached hydrogen (secondary N) is 3. The first-order chi connectivity index (χ1) is 10.9. The summed E-state index contributed by atoms with van der Waals surface area (Å²) >= 11 is 0. The fraction of sp³-hybridized carbons (Fsp3) is 0.118. The number of anilines is 3. The smallest absolute Gasteiger partial charge is 0.323 e. The topological polar surface area (TPSA) is 87.3 Å². The predicted octanol–water partition coefficient (Wildman–Crippen LogP) is 3.49. The highest BCUT2D eigenvalue weighted by Gasteiger charge is 2.04. The van der Waals surface area contributed by atoms with Crippen LogP contribution < -0.4 is 16.0 Å². The number of urea groups is 1. The molecule has 0 aliphatic carbocycles. The van der Waals surface area contributed by atoms with Crippen molar-refractivity contribution in [2.45, 2.75) is 13.8 Å². The number of carbonyl (C=O) groups is 3. The van der Waals surface area contributed by atoms with E-state index in [2.05, 4.69) is 16.0 Å². The van der Waals surface area contributed by atoms with Gasteiger partial charge >= 0.3 is 6.03 Å². The fourth-order valence-corrected chi connectivity index (χ4v) is 1.92. The number of rotatable bonds is 4. The molecule has 2 aromatic rings. The second kappa shape index (κ2) is 7.22. The Hall–Kier alpha value is -3.15. The van der Waals surface area contributed by atoms with E-state index in [9.17, 15) is 14.4 Å². The Morgan fingerprint density at radius 1 is 0.652 bits per heavy atom. The first kappa shape index (κ1) is 16.2. The van der Waals surface area contributed by atoms with Crippen LogP contribution in [0, 0.1) is 0 Å². The summed E-state index contributed by atoms with van der Waals surface area (Å²) in [5.74, 6) is -0.183. The van der Waals surface area contributed by atoms with Crippen molar-refractivity contribution in [3.63, 3.8) is 0 Å². The Morgan fingerprint density at radius 2 is 1.04 bits per heavy atom. The van der Waals surface area contributed by atoms with Gasteiger partial charge in [0.1, 0.15) is 0 Å². The molecular weight excluding hydrogens is 294 g/mol. The van der Waals surface area contributed by atoms with E-state index in [0.717, 1.165) is 0 Å². The molecule has 0 aromatic heterocycles. The Balaban J connectivity index is 1.93. The van der Waals surface area contributed by atoms with Gasteiger partial charge in [0.2, 0.25) is 5.91 Å². The van der Waals surface area contributed by atoms with Crippen LogP contribution in [0.5, 0.6) is 0 Å². The van der Waals surface area contributed by atoms with E-state index >= 15 is 0 Å². The van der Waals surface area contributed by atoms with Gasteiger partial charge in [-0.1, -0.05) is 0 Å². The summed E-state index contributed by atoms with van der Waals surface area (Å²) in [6.45, 7) is 2.91. The predicted molar refractivity (Wildman–Crippen MR) is 89.8 cm³/mol. The summed E-state index contributed by atoms with van der Waals surface area (Å²) in [4.78, 5) is 34.0. The van der Waals surface area contributed by atoms with E-state index in [0.29, 0.717) is 22.6 Å². The largest absolute Gasteiger partial charge is 0.326 e. The third kappa shape index (κ3) is 4.96. The lowest BCUT2D eigenvalue weighted by molar-refractivity contribution is -0.114. The van der Waals surface area contributed by atoms with Gasteiger partial charge in [0.25, 0.3) is 0 Å². The molecule has 118 valence electrons. The fourth-order valence-electron chi connectivity index (χ4n) is 1.92. The van der Waals surface area contributed by atoms with Crippen molar-refractivity contribution in [3.8, 4) is 0 Å². The maximum absolute atomic E-state index is 11.9. The van der Waals surface area contributed by atoms with Crippen molar-refractivity contribution >= 4 is 34.8 Å². The van der Waals surface area contributed by atoms with Gasteiger partial charge in [0.05, 0.1) is 0 Å². The molecule has 0 heterocycles. The Labute approximate surface area is 133 Å². The van der Waals surface area contributed by atoms with Crippen molar-refractivity contribution in [2.24, 2.45) is 0 Å². The molecule has 0 bridgehead atoms. The quantitative estimate of drug-likeness (QED) is 0.755. The van der Waals surface area contributed by atoms with Crippen LogP contribution in [0.1, 0.15) is 24.2 Å². The van der Waals surface area contributed by atoms with Gasteiger partial charge in [-0.05, 0) is 55.5 Å². The molecular formula is C17H17N3O3. The molecule has 0 saturated carbocycles. The van der Waals surface area contributed by atoms with Crippen LogP contribution in [0.25, 0.3) is 0 Å². The van der Waals surface area contributed by atoms with Crippen LogP contribution in [0.2, 0.25) is 0 Å². The van der Waals surface area contributed by atoms with E-state index in [-0.39, 0.29) is 11.7 Å². The summed E-state index contributed by atoms with van der Waals surface area (Å²) < 4.78 is 0. The average molecular weight is 311 g/mol. The molecule has 2 rings (SSSR count). The number of Topliss-reactive ketones (excluding diaryl/α,β-unsaturated/α-hetero) is 1. The minimum absolute atomic E-state index is 0.0275. The molecule has 2 aromatic carbocycles. The number of carbonyl (C=O) groups excluding carboxylic acids is 3. The van der Waals surface area contributed by atoms with Crippen molar-refractivity contribution in [1.29, 1.82) is 0 Å². The molecule has 0 saturated heterocycles. The standard InChI is InChI=1S/C17H17N3O3/c1-11(21)13-3-5-15(6-4-13)19-17(23)20-16-9-7-14(8-10-16)18-12(2)22/h3-10H,1-2H3,(H,18,22)(H2,19,20,23). The summed E-state index contributed by atoms with van der Waals surface area (Å²) in [5.41, 5.74) is 2.42. The Morgan fingerprint density at radius 3 is 1.43 bits per heavy atom. The summed E-state index contributed by atoms with van der Waals surface area (Å²) in [6.07, 6.45) is 0. The van der Waals surface area contributed by atoms with E-state index < -0.39 is 6.03 Å². The van der Waals surface area contributed by atoms with Gasteiger partial charge in [0, 0.05) is 29.5 Å². The Kier molecular flexibility index (Phi) is 5.09. The van der Waals surface area contributed by atoms with Crippen LogP contribution in [-0.4, -0.2) is 17.7 Å². The SMILES string of the molecule is CC(=O)Nc1ccc(NC(=O)Nc2ccc(C(C)=O)cc2)cc1. The van der Waals surface area contributed by atoms with E-state index in [1.807, 2.05) is 0 Å². The van der Waals surface area contributed by atoms with Crippen LogP contribution in [0.4, 0.5) is 21.9 Å². The number of ketones is 1. The summed E-state index contributed by atoms with van der Waals surface area (Å²) in [6, 6.07) is 13.0. The van der Waals surface area contributed by atoms with Crippen LogP contribution in [-0.2, 0) is 4.79 Å². The number of hydrogen-bond donors (Lipinski definition) is 3. The van der Waals surface area contributed by atoms with E-state index in [1.165, 1.54) is 13.8 Å². The van der Waals surface area contributed by atoms with Gasteiger partial charge in [-0.2, -0.15) is 0 Å². The van der Waals surface area contributed by atoms with Crippen molar-refractivity contribution in [3.05, 3.63) is 54.1 Å². The molecule has 3 amide bonds. The highest BCUT2D eigenvalue weighted by atomic mass is 16.2. The van der Waals surface area contributed by atoms with E-state index in [4.69, 9.17) is 0 Å². The van der Waals surface area contributed by atoms with Crippen LogP contribution in [0.15, 0.2) is 48.5 Å². The van der Waals surface area contributed by atoms with Crippen molar-refractivity contribution in [2.75, 3.05) is 16.0 Å². The molecule has 0 radical (unpaired) electrons. The molecule has 0 aliphatic rings. The maximum atomic E-state index is 11.9. The number of benzene rings is 2.